The van der Waals surface area contributed by atoms with E-state index in [1.807, 2.05) is 0 Å². The normalized spacial score (nSPS) is 13.2. The van der Waals surface area contributed by atoms with E-state index in [1.54, 1.807) is 22.3 Å². The topological polar surface area (TPSA) is 57.2 Å². The summed E-state index contributed by atoms with van der Waals surface area (Å²) < 4.78 is 28.3. The Hall–Kier alpha value is -1.17. The summed E-state index contributed by atoms with van der Waals surface area (Å²) in [5, 5.41) is 0. The maximum absolute atomic E-state index is 9.44. The summed E-state index contributed by atoms with van der Waals surface area (Å²) in [6, 6.07) is 17.5. The van der Waals surface area contributed by atoms with Gasteiger partial charge in [-0.25, -0.2) is 8.42 Å². The Kier molecular flexibility index (Phi) is 21.7. The van der Waals surface area contributed by atoms with Gasteiger partial charge in [-0.15, -0.1) is 0 Å². The molecule has 4 rings (SSSR count). The first-order valence-corrected chi connectivity index (χ1v) is 13.5. The van der Waals surface area contributed by atoms with Crippen molar-refractivity contribution < 1.29 is 42.5 Å². The van der Waals surface area contributed by atoms with Crippen molar-refractivity contribution in [2.24, 2.45) is 0 Å². The van der Waals surface area contributed by atoms with Gasteiger partial charge in [-0.1, -0.05) is 113 Å². The second-order valence-corrected chi connectivity index (χ2v) is 10.6. The fourth-order valence-electron chi connectivity index (χ4n) is 3.55. The molecule has 0 bridgehead atoms. The molecular formula is C31H49NaO3S. The number of benzene rings is 2. The predicted octanol–water partition coefficient (Wildman–Crippen LogP) is 5.49. The first kappa shape index (κ1) is 39.3. The molecule has 0 spiro atoms. The second-order valence-electron chi connectivity index (χ2n) is 8.92. The molecule has 2 aliphatic rings. The SMILES string of the molecule is C.C.CC1=C(C)Cc2ccccc2C1.CC1=C(C)Cc2ccccc2C1.CCC.CCS(=O)(=O)[O-].[Na+]. The Morgan fingerprint density at radius 1 is 0.611 bits per heavy atom. The fourth-order valence-corrected chi connectivity index (χ4v) is 3.55. The molecule has 5 heteroatoms. The van der Waals surface area contributed by atoms with Crippen LogP contribution < -0.4 is 29.6 Å². The Bertz CT molecular complexity index is 931. The van der Waals surface area contributed by atoms with Gasteiger partial charge in [0.05, 0.1) is 10.1 Å². The summed E-state index contributed by atoms with van der Waals surface area (Å²) in [5.74, 6) is -0.312. The van der Waals surface area contributed by atoms with Crippen molar-refractivity contribution in [1.29, 1.82) is 0 Å². The molecule has 3 nitrogen and oxygen atoms in total. The summed E-state index contributed by atoms with van der Waals surface area (Å²) in [5.41, 5.74) is 12.3. The van der Waals surface area contributed by atoms with Crippen LogP contribution in [0.15, 0.2) is 70.8 Å². The Morgan fingerprint density at radius 3 is 0.917 bits per heavy atom. The van der Waals surface area contributed by atoms with Crippen LogP contribution in [-0.4, -0.2) is 18.7 Å². The van der Waals surface area contributed by atoms with E-state index >= 15 is 0 Å². The fraction of sp³-hybridized carbons (Fsp3) is 0.484. The summed E-state index contributed by atoms with van der Waals surface area (Å²) in [6.45, 7) is 14.5. The molecular weight excluding hydrogens is 475 g/mol. The molecule has 198 valence electrons. The average molecular weight is 525 g/mol. The van der Waals surface area contributed by atoms with Crippen LogP contribution in [0.2, 0.25) is 0 Å². The largest absolute Gasteiger partial charge is 1.00 e. The predicted molar refractivity (Wildman–Crippen MR) is 154 cm³/mol. The van der Waals surface area contributed by atoms with Gasteiger partial charge < -0.3 is 4.55 Å². The van der Waals surface area contributed by atoms with Crippen LogP contribution in [0.4, 0.5) is 0 Å². The minimum atomic E-state index is -3.91. The van der Waals surface area contributed by atoms with E-state index in [0.717, 1.165) is 25.7 Å². The summed E-state index contributed by atoms with van der Waals surface area (Å²) in [6.07, 6.45) is 5.87. The van der Waals surface area contributed by atoms with Gasteiger partial charge in [0.2, 0.25) is 0 Å². The molecule has 2 aromatic carbocycles. The van der Waals surface area contributed by atoms with Crippen LogP contribution >= 0.6 is 0 Å². The molecule has 36 heavy (non-hydrogen) atoms. The molecule has 0 N–H and O–H groups in total. The molecule has 0 aliphatic heterocycles. The molecule has 0 saturated carbocycles. The van der Waals surface area contributed by atoms with Gasteiger partial charge in [0, 0.05) is 5.75 Å². The second kappa shape index (κ2) is 19.9. The molecule has 0 saturated heterocycles. The minimum Gasteiger partial charge on any atom is -0.748 e. The van der Waals surface area contributed by atoms with Gasteiger partial charge in [-0.05, 0) is 75.6 Å². The zero-order valence-electron chi connectivity index (χ0n) is 22.5. The number of hydrogen-bond donors (Lipinski definition) is 0. The first-order valence-electron chi connectivity index (χ1n) is 11.9. The molecule has 0 heterocycles. The molecule has 0 fully saturated rings. The third kappa shape index (κ3) is 14.5. The molecule has 0 amide bonds. The number of hydrogen-bond acceptors (Lipinski definition) is 3. The van der Waals surface area contributed by atoms with Crippen molar-refractivity contribution in [3.05, 3.63) is 93.1 Å². The Morgan fingerprint density at radius 2 is 0.778 bits per heavy atom. The van der Waals surface area contributed by atoms with E-state index in [-0.39, 0.29) is 50.2 Å². The maximum Gasteiger partial charge on any atom is 1.00 e. The zero-order valence-corrected chi connectivity index (χ0v) is 25.3. The maximum atomic E-state index is 9.44. The Labute approximate surface area is 245 Å². The molecule has 0 aromatic heterocycles. The quantitative estimate of drug-likeness (QED) is 0.282. The monoisotopic (exact) mass is 524 g/mol. The third-order valence-electron chi connectivity index (χ3n) is 5.87. The van der Waals surface area contributed by atoms with Crippen LogP contribution in [0.5, 0.6) is 0 Å². The number of rotatable bonds is 1. The summed E-state index contributed by atoms with van der Waals surface area (Å²) >= 11 is 0. The third-order valence-corrected chi connectivity index (χ3v) is 6.58. The van der Waals surface area contributed by atoms with Gasteiger partial charge in [0.1, 0.15) is 0 Å². The van der Waals surface area contributed by atoms with Crippen molar-refractivity contribution >= 4 is 10.1 Å². The van der Waals surface area contributed by atoms with Crippen LogP contribution in [0.25, 0.3) is 0 Å². The first-order chi connectivity index (χ1) is 15.5. The van der Waals surface area contributed by atoms with Gasteiger partial charge in [-0.3, -0.25) is 0 Å². The van der Waals surface area contributed by atoms with Crippen molar-refractivity contribution in [2.45, 2.75) is 95.4 Å². The standard InChI is InChI=1S/2C12H14.C3H8.C2H6O3S.2CH4.Na/c2*1-9-7-11-5-3-4-6-12(11)8-10(9)2;1-3-2;1-2-6(3,4)5;;;/h2*3-6H,7-8H2,1-2H3;3H2,1-2H3;2H2,1H3,(H,3,4,5);2*1H4;/q;;;;;;+1/p-1. The van der Waals surface area contributed by atoms with Gasteiger partial charge >= 0.3 is 29.6 Å². The van der Waals surface area contributed by atoms with Crippen LogP contribution in [-0.2, 0) is 35.8 Å². The molecule has 0 atom stereocenters. The number of allylic oxidation sites excluding steroid dienone is 4. The molecule has 2 aliphatic carbocycles. The minimum absolute atomic E-state index is 0. The van der Waals surface area contributed by atoms with Crippen molar-refractivity contribution in [1.82, 2.24) is 0 Å². The summed E-state index contributed by atoms with van der Waals surface area (Å²) in [7, 11) is -3.91. The Balaban J connectivity index is -0.000000432. The van der Waals surface area contributed by atoms with Gasteiger partial charge in [-0.2, -0.15) is 0 Å². The van der Waals surface area contributed by atoms with Crippen LogP contribution in [0, 0.1) is 0 Å². The smallest absolute Gasteiger partial charge is 0.748 e. The molecule has 0 radical (unpaired) electrons. The van der Waals surface area contributed by atoms with E-state index in [4.69, 9.17) is 0 Å². The van der Waals surface area contributed by atoms with E-state index < -0.39 is 10.1 Å². The zero-order chi connectivity index (χ0) is 25.0. The summed E-state index contributed by atoms with van der Waals surface area (Å²) in [4.78, 5) is 0. The van der Waals surface area contributed by atoms with Crippen molar-refractivity contribution in [2.75, 3.05) is 5.75 Å². The average Bonchev–Trinajstić information content (AvgIpc) is 2.76. The van der Waals surface area contributed by atoms with E-state index in [2.05, 4.69) is 90.1 Å². The van der Waals surface area contributed by atoms with E-state index in [9.17, 15) is 13.0 Å². The van der Waals surface area contributed by atoms with E-state index in [1.165, 1.54) is 35.6 Å². The van der Waals surface area contributed by atoms with Gasteiger partial charge in [0.15, 0.2) is 0 Å². The van der Waals surface area contributed by atoms with Crippen LogP contribution in [0.3, 0.4) is 0 Å². The van der Waals surface area contributed by atoms with Crippen LogP contribution in [0.1, 0.15) is 92.0 Å². The van der Waals surface area contributed by atoms with Crippen molar-refractivity contribution in [3.8, 4) is 0 Å². The molecule has 2 aromatic rings. The number of fused-ring (bicyclic) bond motifs is 2. The van der Waals surface area contributed by atoms with Gasteiger partial charge in [0.25, 0.3) is 0 Å². The molecule has 0 unspecified atom stereocenters. The van der Waals surface area contributed by atoms with E-state index in [0.29, 0.717) is 0 Å². The van der Waals surface area contributed by atoms with Crippen molar-refractivity contribution in [3.63, 3.8) is 0 Å².